The van der Waals surface area contributed by atoms with Crippen LogP contribution in [-0.2, 0) is 9.53 Å². The molecule has 0 spiro atoms. The molecule has 0 unspecified atom stereocenters. The number of thioether (sulfide) groups is 1. The topological polar surface area (TPSA) is 75.7 Å². The Morgan fingerprint density at radius 1 is 1.31 bits per heavy atom. The van der Waals surface area contributed by atoms with Crippen LogP contribution in [0.3, 0.4) is 0 Å². The van der Waals surface area contributed by atoms with E-state index in [2.05, 4.69) is 5.32 Å². The van der Waals surface area contributed by atoms with E-state index < -0.39 is 0 Å². The van der Waals surface area contributed by atoms with Crippen molar-refractivity contribution in [3.8, 4) is 0 Å². The number of hydrogen-bond donors (Lipinski definition) is 1. The normalized spacial score (nSPS) is 16.8. The lowest BCUT2D eigenvalue weighted by atomic mass is 9.90. The minimum atomic E-state index is -0.326. The lowest BCUT2D eigenvalue weighted by molar-refractivity contribution is -0.142. The van der Waals surface area contributed by atoms with Crippen LogP contribution in [0.15, 0.2) is 29.2 Å². The summed E-state index contributed by atoms with van der Waals surface area (Å²) in [6, 6.07) is 7.36. The second-order valence-corrected chi connectivity index (χ2v) is 6.98. The first-order valence-corrected chi connectivity index (χ1v) is 10.1. The first kappa shape index (κ1) is 20.3. The van der Waals surface area contributed by atoms with Crippen molar-refractivity contribution in [2.24, 2.45) is 5.92 Å². The van der Waals surface area contributed by atoms with Gasteiger partial charge in [-0.25, -0.2) is 4.79 Å². The van der Waals surface area contributed by atoms with E-state index in [9.17, 15) is 14.4 Å². The molecule has 1 aliphatic heterocycles. The summed E-state index contributed by atoms with van der Waals surface area (Å²) < 4.78 is 4.84. The van der Waals surface area contributed by atoms with E-state index in [1.54, 1.807) is 23.6 Å². The van der Waals surface area contributed by atoms with Crippen LogP contribution in [0.1, 0.15) is 36.5 Å². The molecule has 1 N–H and O–H groups in total. The summed E-state index contributed by atoms with van der Waals surface area (Å²) in [4.78, 5) is 39.2. The first-order chi connectivity index (χ1) is 12.6. The molecule has 1 saturated heterocycles. The maximum Gasteiger partial charge on any atom is 0.317 e. The highest BCUT2D eigenvalue weighted by molar-refractivity contribution is 7.98. The predicted octanol–water partition coefficient (Wildman–Crippen LogP) is 2.97. The molecule has 7 heteroatoms. The quantitative estimate of drug-likeness (QED) is 0.448. The third-order valence-electron chi connectivity index (χ3n) is 4.36. The Morgan fingerprint density at radius 3 is 2.81 bits per heavy atom. The number of likely N-dealkylation sites (tertiary alicyclic amines) is 1. The van der Waals surface area contributed by atoms with Gasteiger partial charge in [0.1, 0.15) is 0 Å². The molecule has 1 aromatic rings. The van der Waals surface area contributed by atoms with Crippen molar-refractivity contribution >= 4 is 29.5 Å². The summed E-state index contributed by atoms with van der Waals surface area (Å²) in [7, 11) is 0. The van der Waals surface area contributed by atoms with Crippen LogP contribution in [0.4, 0.5) is 4.79 Å². The summed E-state index contributed by atoms with van der Waals surface area (Å²) >= 11 is 1.56. The number of benzene rings is 1. The van der Waals surface area contributed by atoms with Crippen LogP contribution in [0.25, 0.3) is 0 Å². The third kappa shape index (κ3) is 5.49. The molecule has 1 heterocycles. The average Bonchev–Trinajstić information content (AvgIpc) is 2.67. The average molecular weight is 378 g/mol. The molecule has 1 atom stereocenters. The number of esters is 1. The largest absolute Gasteiger partial charge is 0.466 e. The maximum atomic E-state index is 12.9. The first-order valence-electron chi connectivity index (χ1n) is 8.92. The zero-order chi connectivity index (χ0) is 18.9. The standard InChI is InChI=1S/C19H26N2O4S/c1-3-25-17(22)10-11-20-19(24)21-12-6-7-14(13-21)18(23)15-8-4-5-9-16(15)26-2/h4-5,8-9,14H,3,6-7,10-13H2,1-2H3,(H,20,24)/t14-/m1/s1. The fraction of sp³-hybridized carbons (Fsp3) is 0.526. The number of nitrogens with zero attached hydrogens (tertiary/aromatic N) is 1. The van der Waals surface area contributed by atoms with Gasteiger partial charge in [-0.2, -0.15) is 0 Å². The Kier molecular flexibility index (Phi) is 7.97. The molecular formula is C19H26N2O4S. The molecule has 142 valence electrons. The summed E-state index contributed by atoms with van der Waals surface area (Å²) in [5.74, 6) is -0.417. The highest BCUT2D eigenvalue weighted by Crippen LogP contribution is 2.26. The maximum absolute atomic E-state index is 12.9. The minimum absolute atomic E-state index is 0.0963. The molecule has 0 aromatic heterocycles. The van der Waals surface area contributed by atoms with E-state index in [0.29, 0.717) is 19.7 Å². The fourth-order valence-corrected chi connectivity index (χ4v) is 3.66. The third-order valence-corrected chi connectivity index (χ3v) is 5.16. The van der Waals surface area contributed by atoms with E-state index in [-0.39, 0.29) is 36.7 Å². The van der Waals surface area contributed by atoms with Crippen LogP contribution < -0.4 is 5.32 Å². The van der Waals surface area contributed by atoms with Gasteiger partial charge in [-0.15, -0.1) is 11.8 Å². The van der Waals surface area contributed by atoms with Crippen molar-refractivity contribution in [2.45, 2.75) is 31.1 Å². The van der Waals surface area contributed by atoms with Crippen LogP contribution in [0.2, 0.25) is 0 Å². The zero-order valence-corrected chi connectivity index (χ0v) is 16.1. The lowest BCUT2D eigenvalue weighted by Gasteiger charge is -2.32. The second-order valence-electron chi connectivity index (χ2n) is 6.14. The molecular weight excluding hydrogens is 352 g/mol. The molecule has 0 saturated carbocycles. The van der Waals surface area contributed by atoms with Gasteiger partial charge in [0.2, 0.25) is 0 Å². The van der Waals surface area contributed by atoms with Gasteiger partial charge in [-0.1, -0.05) is 18.2 Å². The van der Waals surface area contributed by atoms with Crippen molar-refractivity contribution in [1.82, 2.24) is 10.2 Å². The summed E-state index contributed by atoms with van der Waals surface area (Å²) in [6.45, 7) is 3.35. The zero-order valence-electron chi connectivity index (χ0n) is 15.3. The van der Waals surface area contributed by atoms with Gasteiger partial charge >= 0.3 is 12.0 Å². The summed E-state index contributed by atoms with van der Waals surface area (Å²) in [5.41, 5.74) is 0.731. The molecule has 0 aliphatic carbocycles. The van der Waals surface area contributed by atoms with Crippen LogP contribution in [0, 0.1) is 5.92 Å². The number of hydrogen-bond acceptors (Lipinski definition) is 5. The van der Waals surface area contributed by atoms with Gasteiger partial charge in [-0.3, -0.25) is 9.59 Å². The Balaban J connectivity index is 1.90. The fourth-order valence-electron chi connectivity index (χ4n) is 3.06. The van der Waals surface area contributed by atoms with Crippen LogP contribution in [0.5, 0.6) is 0 Å². The van der Waals surface area contributed by atoms with Gasteiger partial charge in [0.05, 0.1) is 13.0 Å². The van der Waals surface area contributed by atoms with Gasteiger partial charge in [0.15, 0.2) is 5.78 Å². The minimum Gasteiger partial charge on any atom is -0.466 e. The van der Waals surface area contributed by atoms with E-state index >= 15 is 0 Å². The summed E-state index contributed by atoms with van der Waals surface area (Å²) in [6.07, 6.45) is 3.68. The molecule has 1 aromatic carbocycles. The van der Waals surface area contributed by atoms with Gasteiger partial charge in [0.25, 0.3) is 0 Å². The number of ketones is 1. The smallest absolute Gasteiger partial charge is 0.317 e. The molecule has 6 nitrogen and oxygen atoms in total. The monoisotopic (exact) mass is 378 g/mol. The van der Waals surface area contributed by atoms with Crippen molar-refractivity contribution in [1.29, 1.82) is 0 Å². The molecule has 0 bridgehead atoms. The number of carbonyl (C=O) groups excluding carboxylic acids is 3. The van der Waals surface area contributed by atoms with Crippen molar-refractivity contribution in [2.75, 3.05) is 32.5 Å². The number of Topliss-reactive ketones (excluding diaryl/α,β-unsaturated/α-hetero) is 1. The Hall–Kier alpha value is -2.02. The molecule has 2 rings (SSSR count). The second kappa shape index (κ2) is 10.2. The highest BCUT2D eigenvalue weighted by atomic mass is 32.2. The number of carbonyl (C=O) groups is 3. The number of rotatable bonds is 7. The lowest BCUT2D eigenvalue weighted by Crippen LogP contribution is -2.47. The number of amides is 2. The van der Waals surface area contributed by atoms with Crippen molar-refractivity contribution in [3.05, 3.63) is 29.8 Å². The number of piperidine rings is 1. The Morgan fingerprint density at radius 2 is 2.08 bits per heavy atom. The number of nitrogens with one attached hydrogen (secondary N) is 1. The van der Waals surface area contributed by atoms with Crippen molar-refractivity contribution < 1.29 is 19.1 Å². The molecule has 0 radical (unpaired) electrons. The Bertz CT molecular complexity index is 650. The van der Waals surface area contributed by atoms with Gasteiger partial charge in [0, 0.05) is 36.0 Å². The van der Waals surface area contributed by atoms with Gasteiger partial charge in [-0.05, 0) is 32.1 Å². The number of urea groups is 1. The SMILES string of the molecule is CCOC(=O)CCNC(=O)N1CCC[C@@H](C(=O)c2ccccc2SC)C1. The summed E-state index contributed by atoms with van der Waals surface area (Å²) in [5, 5.41) is 2.73. The molecule has 26 heavy (non-hydrogen) atoms. The Labute approximate surface area is 158 Å². The van der Waals surface area contributed by atoms with Crippen molar-refractivity contribution in [3.63, 3.8) is 0 Å². The molecule has 2 amide bonds. The molecule has 1 aliphatic rings. The van der Waals surface area contributed by atoms with E-state index in [0.717, 1.165) is 23.3 Å². The highest BCUT2D eigenvalue weighted by Gasteiger charge is 2.29. The number of ether oxygens (including phenoxy) is 1. The van der Waals surface area contributed by atoms with E-state index in [1.807, 2.05) is 30.5 Å². The van der Waals surface area contributed by atoms with Crippen LogP contribution >= 0.6 is 11.8 Å². The van der Waals surface area contributed by atoms with E-state index in [1.165, 1.54) is 0 Å². The van der Waals surface area contributed by atoms with E-state index in [4.69, 9.17) is 4.74 Å². The van der Waals surface area contributed by atoms with Gasteiger partial charge < -0.3 is 15.0 Å². The van der Waals surface area contributed by atoms with Crippen LogP contribution in [-0.4, -0.2) is 55.2 Å². The molecule has 1 fully saturated rings. The predicted molar refractivity (Wildman–Crippen MR) is 101 cm³/mol.